The Morgan fingerprint density at radius 1 is 0.841 bits per heavy atom. The molecule has 2 aromatic rings. The van der Waals surface area contributed by atoms with Crippen molar-refractivity contribution >= 4 is 11.6 Å². The molecule has 0 spiro atoms. The minimum atomic E-state index is -1.70. The van der Waals surface area contributed by atoms with Gasteiger partial charge in [-0.3, -0.25) is 9.59 Å². The number of ketones is 2. The Kier molecular flexibility index (Phi) is 8.63. The maximum Gasteiger partial charge on any atom is 0.229 e. The van der Waals surface area contributed by atoms with Crippen LogP contribution in [-0.2, 0) is 11.2 Å². The van der Waals surface area contributed by atoms with E-state index in [1.165, 1.54) is 18.2 Å². The number of hydrogen-bond acceptors (Lipinski definition) is 10. The first kappa shape index (κ1) is 30.5. The summed E-state index contributed by atoms with van der Waals surface area (Å²) < 4.78 is 11.2. The van der Waals surface area contributed by atoms with E-state index in [1.807, 2.05) is 18.2 Å². The Morgan fingerprint density at radius 2 is 1.55 bits per heavy atom. The number of Topliss-reactive ketones (excluding diaryl/α,β-unsaturated/α-hetero) is 2. The molecule has 10 heteroatoms. The smallest absolute Gasteiger partial charge is 0.229 e. The van der Waals surface area contributed by atoms with Crippen molar-refractivity contribution in [2.24, 2.45) is 23.7 Å². The normalized spacial score (nSPS) is 33.6. The second kappa shape index (κ2) is 12.5. The van der Waals surface area contributed by atoms with Crippen LogP contribution in [0.15, 0.2) is 65.9 Å². The number of carbonyl (C=O) groups is 2. The number of phenols is 1. The number of aliphatic hydroxyl groups is 5. The molecule has 2 aromatic carbocycles. The van der Waals surface area contributed by atoms with Gasteiger partial charge in [0.15, 0.2) is 11.6 Å². The highest BCUT2D eigenvalue weighted by Gasteiger charge is 2.48. The monoisotopic (exact) mass is 606 g/mol. The maximum atomic E-state index is 13.9. The molecule has 1 saturated heterocycles. The van der Waals surface area contributed by atoms with E-state index in [0.29, 0.717) is 18.3 Å². The molecule has 1 saturated carbocycles. The van der Waals surface area contributed by atoms with Crippen LogP contribution in [0.3, 0.4) is 0 Å². The lowest BCUT2D eigenvalue weighted by molar-refractivity contribution is -0.277. The average molecular weight is 607 g/mol. The molecule has 0 amide bonds. The molecule has 4 aliphatic rings. The summed E-state index contributed by atoms with van der Waals surface area (Å²) in [5.74, 6) is -2.15. The molecule has 234 valence electrons. The van der Waals surface area contributed by atoms with Crippen LogP contribution in [0, 0.1) is 23.7 Å². The van der Waals surface area contributed by atoms with Crippen LogP contribution in [0.4, 0.5) is 0 Å². The van der Waals surface area contributed by atoms with Crippen molar-refractivity contribution in [3.63, 3.8) is 0 Å². The molecule has 0 aromatic heterocycles. The molecular weight excluding hydrogens is 568 g/mol. The van der Waals surface area contributed by atoms with E-state index in [1.54, 1.807) is 18.2 Å². The van der Waals surface area contributed by atoms with Crippen LogP contribution in [0.2, 0.25) is 0 Å². The predicted molar refractivity (Wildman–Crippen MR) is 157 cm³/mol. The topological polar surface area (TPSA) is 174 Å². The summed E-state index contributed by atoms with van der Waals surface area (Å²) in [6.45, 7) is -0.648. The summed E-state index contributed by atoms with van der Waals surface area (Å²) in [7, 11) is 0. The number of aromatic hydroxyl groups is 1. The van der Waals surface area contributed by atoms with Gasteiger partial charge in [-0.25, -0.2) is 0 Å². The summed E-state index contributed by atoms with van der Waals surface area (Å²) in [4.78, 5) is 27.7. The largest absolute Gasteiger partial charge is 0.511 e. The number of hydrogen-bond donors (Lipinski definition) is 6. The van der Waals surface area contributed by atoms with E-state index in [0.717, 1.165) is 43.2 Å². The third-order valence-corrected chi connectivity index (χ3v) is 9.62. The highest BCUT2D eigenvalue weighted by molar-refractivity contribution is 6.19. The first-order valence-corrected chi connectivity index (χ1v) is 15.2. The van der Waals surface area contributed by atoms with Crippen molar-refractivity contribution in [1.29, 1.82) is 0 Å². The van der Waals surface area contributed by atoms with E-state index in [-0.39, 0.29) is 34.2 Å². The number of benzene rings is 2. The standard InChI is InChI=1S/C34H38O10/c35-16-26-30(39)32(41)33(42)34(44-26)43-25-7-3-6-22-28(25)31(40)27-23(29(22)38)14-18(15-24(27)37)13-20-5-2-1-4-19(20)12-17-8-10-21(36)11-9-17/h3,6-11,14-15,19-20,23,26-27,30,32-37,39,41-42H,1-2,4-5,12-13,16H2/t19-,20-,23-,26+,27-,30+,32-,33+,34+/m0/s1. The molecule has 10 nitrogen and oxygen atoms in total. The fourth-order valence-corrected chi connectivity index (χ4v) is 7.26. The fraction of sp³-hybridized carbons (Fsp3) is 0.471. The van der Waals surface area contributed by atoms with Crippen LogP contribution in [0.5, 0.6) is 11.5 Å². The van der Waals surface area contributed by atoms with Gasteiger partial charge in [-0.1, -0.05) is 43.2 Å². The van der Waals surface area contributed by atoms with Gasteiger partial charge in [-0.05, 0) is 72.9 Å². The Labute approximate surface area is 254 Å². The fourth-order valence-electron chi connectivity index (χ4n) is 7.26. The highest BCUT2D eigenvalue weighted by atomic mass is 16.7. The van der Waals surface area contributed by atoms with Crippen LogP contribution in [-0.4, -0.2) is 79.5 Å². The average Bonchev–Trinajstić information content (AvgIpc) is 3.02. The van der Waals surface area contributed by atoms with Crippen molar-refractivity contribution in [3.05, 3.63) is 82.6 Å². The molecule has 0 radical (unpaired) electrons. The van der Waals surface area contributed by atoms with E-state index >= 15 is 0 Å². The number of carbonyl (C=O) groups excluding carboxylic acids is 2. The second-order valence-corrected chi connectivity index (χ2v) is 12.4. The molecular formula is C34H38O10. The van der Waals surface area contributed by atoms with Gasteiger partial charge in [0.25, 0.3) is 0 Å². The van der Waals surface area contributed by atoms with Crippen LogP contribution >= 0.6 is 0 Å². The van der Waals surface area contributed by atoms with Crippen molar-refractivity contribution in [1.82, 2.24) is 0 Å². The SMILES string of the molecule is O=C1c2c(O[C@@H]3O[C@H](CO)[C@@H](O)[C@H](O)[C@H]3O)cccc2C(=O)[C@H]2C=C(C[C@@H]3CCCC[C@H]3Cc3ccc(O)cc3)C=C(O)[C@@H]12. The van der Waals surface area contributed by atoms with Gasteiger partial charge in [0.1, 0.15) is 41.7 Å². The molecule has 6 N–H and O–H groups in total. The van der Waals surface area contributed by atoms with Gasteiger partial charge in [0.05, 0.1) is 24.0 Å². The van der Waals surface area contributed by atoms with Gasteiger partial charge < -0.3 is 40.1 Å². The zero-order valence-electron chi connectivity index (χ0n) is 24.2. The Balaban J connectivity index is 1.23. The number of aliphatic hydroxyl groups excluding tert-OH is 5. The first-order valence-electron chi connectivity index (χ1n) is 15.2. The number of phenolic OH excluding ortho intramolecular Hbond substituents is 1. The Hall–Kier alpha value is -3.54. The van der Waals surface area contributed by atoms with Crippen LogP contribution in [0.25, 0.3) is 0 Å². The molecule has 44 heavy (non-hydrogen) atoms. The van der Waals surface area contributed by atoms with E-state index in [4.69, 9.17) is 9.47 Å². The number of fused-ring (bicyclic) bond motifs is 2. The molecule has 1 aliphatic heterocycles. The number of ether oxygens (including phenoxy) is 2. The molecule has 6 rings (SSSR count). The minimum absolute atomic E-state index is 0.0613. The number of allylic oxidation sites excluding steroid dienone is 4. The highest BCUT2D eigenvalue weighted by Crippen LogP contribution is 2.44. The molecule has 1 heterocycles. The van der Waals surface area contributed by atoms with E-state index in [2.05, 4.69) is 0 Å². The van der Waals surface area contributed by atoms with Gasteiger partial charge in [0, 0.05) is 5.56 Å². The zero-order chi connectivity index (χ0) is 31.1. The Bertz CT molecular complexity index is 1460. The summed E-state index contributed by atoms with van der Waals surface area (Å²) in [6.07, 6.45) is 1.60. The lowest BCUT2D eigenvalue weighted by Gasteiger charge is -2.40. The molecule has 0 unspecified atom stereocenters. The molecule has 2 fully saturated rings. The van der Waals surface area contributed by atoms with E-state index in [9.17, 15) is 40.2 Å². The lowest BCUT2D eigenvalue weighted by atomic mass is 9.68. The minimum Gasteiger partial charge on any atom is -0.511 e. The molecule has 0 bridgehead atoms. The van der Waals surface area contributed by atoms with Gasteiger partial charge in [-0.2, -0.15) is 0 Å². The predicted octanol–water partition coefficient (Wildman–Crippen LogP) is 3.00. The van der Waals surface area contributed by atoms with Crippen molar-refractivity contribution < 1.29 is 49.7 Å². The van der Waals surface area contributed by atoms with Crippen molar-refractivity contribution in [2.75, 3.05) is 6.61 Å². The van der Waals surface area contributed by atoms with Crippen molar-refractivity contribution in [2.45, 2.75) is 69.2 Å². The molecule has 9 atom stereocenters. The van der Waals surface area contributed by atoms with Crippen LogP contribution < -0.4 is 4.74 Å². The number of rotatable bonds is 7. The third kappa shape index (κ3) is 5.68. The second-order valence-electron chi connectivity index (χ2n) is 12.4. The van der Waals surface area contributed by atoms with E-state index < -0.39 is 54.9 Å². The van der Waals surface area contributed by atoms with Gasteiger partial charge in [-0.15, -0.1) is 0 Å². The zero-order valence-corrected chi connectivity index (χ0v) is 24.2. The summed E-state index contributed by atoms with van der Waals surface area (Å²) in [6, 6.07) is 11.7. The van der Waals surface area contributed by atoms with Crippen LogP contribution in [0.1, 0.15) is 58.4 Å². The van der Waals surface area contributed by atoms with Gasteiger partial charge >= 0.3 is 0 Å². The Morgan fingerprint density at radius 3 is 2.25 bits per heavy atom. The third-order valence-electron chi connectivity index (χ3n) is 9.62. The summed E-state index contributed by atoms with van der Waals surface area (Å²) >= 11 is 0. The quantitative estimate of drug-likeness (QED) is 0.275. The lowest BCUT2D eigenvalue weighted by Crippen LogP contribution is -2.60. The van der Waals surface area contributed by atoms with Crippen molar-refractivity contribution in [3.8, 4) is 11.5 Å². The van der Waals surface area contributed by atoms with Gasteiger partial charge in [0.2, 0.25) is 6.29 Å². The summed E-state index contributed by atoms with van der Waals surface area (Å²) in [5.41, 5.74) is 2.03. The first-order chi connectivity index (χ1) is 21.2. The summed E-state index contributed by atoms with van der Waals surface area (Å²) in [5, 5.41) is 61.0. The maximum absolute atomic E-state index is 13.9. The molecule has 3 aliphatic carbocycles.